The lowest BCUT2D eigenvalue weighted by atomic mass is 10.1. The Hall–Kier alpha value is -3.67. The number of thioether (sulfide) groups is 1. The molecule has 0 aliphatic rings. The van der Waals surface area contributed by atoms with Crippen LogP contribution in [0.1, 0.15) is 5.56 Å². The highest BCUT2D eigenvalue weighted by molar-refractivity contribution is 7.99. The molecule has 0 spiro atoms. The Labute approximate surface area is 213 Å². The predicted molar refractivity (Wildman–Crippen MR) is 139 cm³/mol. The molecule has 3 aromatic carbocycles. The molecule has 0 aliphatic heterocycles. The van der Waals surface area contributed by atoms with Crippen molar-refractivity contribution in [3.63, 3.8) is 0 Å². The van der Waals surface area contributed by atoms with Crippen LogP contribution in [0.25, 0.3) is 11.4 Å². The standard InChI is InChI=1S/C25H25N5O4S2/c1-34-21-12-10-19(11-13-21)24-28-29-25(30(24)15-14-18-6-3-2-4-7-18)35-17-23(31)27-20-8-5-9-22(16-20)36(26,32)33/h2-13,16H,14-15,17H2,1H3,(H,27,31)(H2,26,32,33). The smallest absolute Gasteiger partial charge is 0.238 e. The maximum atomic E-state index is 12.6. The van der Waals surface area contributed by atoms with Crippen molar-refractivity contribution in [2.45, 2.75) is 23.0 Å². The number of hydrogen-bond acceptors (Lipinski definition) is 7. The molecule has 0 atom stereocenters. The fraction of sp³-hybridized carbons (Fsp3) is 0.160. The lowest BCUT2D eigenvalue weighted by Gasteiger charge is -2.11. The van der Waals surface area contributed by atoms with E-state index in [1.807, 2.05) is 47.0 Å². The number of nitrogens with one attached hydrogen (secondary N) is 1. The number of aromatic nitrogens is 3. The molecular weight excluding hydrogens is 498 g/mol. The summed E-state index contributed by atoms with van der Waals surface area (Å²) in [5.74, 6) is 1.19. The second-order valence-corrected chi connectivity index (χ2v) is 10.3. The van der Waals surface area contributed by atoms with Crippen molar-refractivity contribution in [2.75, 3.05) is 18.2 Å². The Morgan fingerprint density at radius 2 is 1.78 bits per heavy atom. The number of aryl methyl sites for hydroxylation is 1. The Morgan fingerprint density at radius 1 is 1.03 bits per heavy atom. The van der Waals surface area contributed by atoms with E-state index in [9.17, 15) is 13.2 Å². The van der Waals surface area contributed by atoms with Crippen LogP contribution in [-0.4, -0.2) is 42.0 Å². The van der Waals surface area contributed by atoms with Gasteiger partial charge in [0, 0.05) is 17.8 Å². The molecule has 11 heteroatoms. The van der Waals surface area contributed by atoms with E-state index in [4.69, 9.17) is 9.88 Å². The van der Waals surface area contributed by atoms with Gasteiger partial charge in [-0.25, -0.2) is 13.6 Å². The van der Waals surface area contributed by atoms with E-state index in [1.54, 1.807) is 13.2 Å². The number of primary sulfonamides is 1. The zero-order chi connectivity index (χ0) is 25.5. The summed E-state index contributed by atoms with van der Waals surface area (Å²) in [6.45, 7) is 0.624. The van der Waals surface area contributed by atoms with Crippen LogP contribution < -0.4 is 15.2 Å². The Morgan fingerprint density at radius 3 is 2.47 bits per heavy atom. The van der Waals surface area contributed by atoms with Gasteiger partial charge < -0.3 is 14.6 Å². The van der Waals surface area contributed by atoms with Gasteiger partial charge >= 0.3 is 0 Å². The molecule has 1 heterocycles. The average Bonchev–Trinajstić information content (AvgIpc) is 3.29. The summed E-state index contributed by atoms with van der Waals surface area (Å²) in [6, 6.07) is 23.5. The molecule has 0 unspecified atom stereocenters. The van der Waals surface area contributed by atoms with Crippen LogP contribution in [0.5, 0.6) is 5.75 Å². The number of anilines is 1. The highest BCUT2D eigenvalue weighted by atomic mass is 32.2. The maximum Gasteiger partial charge on any atom is 0.238 e. The summed E-state index contributed by atoms with van der Waals surface area (Å²) in [6.07, 6.45) is 0.766. The molecule has 0 aliphatic carbocycles. The van der Waals surface area contributed by atoms with E-state index >= 15 is 0 Å². The molecule has 1 aromatic heterocycles. The first-order chi connectivity index (χ1) is 17.3. The summed E-state index contributed by atoms with van der Waals surface area (Å²) in [5, 5.41) is 17.2. The fourth-order valence-electron chi connectivity index (χ4n) is 3.51. The predicted octanol–water partition coefficient (Wildman–Crippen LogP) is 3.57. The van der Waals surface area contributed by atoms with Gasteiger partial charge in [-0.2, -0.15) is 0 Å². The van der Waals surface area contributed by atoms with Crippen LogP contribution in [0.4, 0.5) is 5.69 Å². The molecule has 3 N–H and O–H groups in total. The van der Waals surface area contributed by atoms with Gasteiger partial charge in [0.2, 0.25) is 15.9 Å². The van der Waals surface area contributed by atoms with Gasteiger partial charge in [-0.05, 0) is 54.4 Å². The van der Waals surface area contributed by atoms with Crippen LogP contribution in [0.15, 0.2) is 88.9 Å². The molecule has 4 rings (SSSR count). The van der Waals surface area contributed by atoms with E-state index in [1.165, 1.54) is 35.5 Å². The summed E-state index contributed by atoms with van der Waals surface area (Å²) in [5.41, 5.74) is 2.40. The van der Waals surface area contributed by atoms with E-state index in [2.05, 4.69) is 27.6 Å². The van der Waals surface area contributed by atoms with Gasteiger partial charge in [-0.15, -0.1) is 10.2 Å². The largest absolute Gasteiger partial charge is 0.497 e. The minimum atomic E-state index is -3.87. The van der Waals surface area contributed by atoms with Gasteiger partial charge in [0.05, 0.1) is 17.8 Å². The Kier molecular flexibility index (Phi) is 8.04. The Bertz CT molecular complexity index is 1440. The van der Waals surface area contributed by atoms with Gasteiger partial charge in [-0.3, -0.25) is 4.79 Å². The quantitative estimate of drug-likeness (QED) is 0.304. The Balaban J connectivity index is 1.51. The minimum absolute atomic E-state index is 0.0612. The number of hydrogen-bond donors (Lipinski definition) is 2. The first-order valence-corrected chi connectivity index (χ1v) is 13.5. The van der Waals surface area contributed by atoms with Crippen LogP contribution >= 0.6 is 11.8 Å². The second-order valence-electron chi connectivity index (χ2n) is 7.83. The monoisotopic (exact) mass is 523 g/mol. The number of rotatable bonds is 10. The SMILES string of the molecule is COc1ccc(-c2nnc(SCC(=O)Nc3cccc(S(N)(=O)=O)c3)n2CCc2ccccc2)cc1. The van der Waals surface area contributed by atoms with Gasteiger partial charge in [0.15, 0.2) is 11.0 Å². The first-order valence-electron chi connectivity index (χ1n) is 11.0. The molecule has 0 radical (unpaired) electrons. The van der Waals surface area contributed by atoms with E-state index < -0.39 is 10.0 Å². The van der Waals surface area contributed by atoms with Crippen LogP contribution in [-0.2, 0) is 27.8 Å². The van der Waals surface area contributed by atoms with Crippen molar-refractivity contribution >= 4 is 33.4 Å². The molecule has 1 amide bonds. The molecule has 186 valence electrons. The third-order valence-corrected chi connectivity index (χ3v) is 7.19. The third kappa shape index (κ3) is 6.51. The second kappa shape index (κ2) is 11.4. The lowest BCUT2D eigenvalue weighted by Crippen LogP contribution is -2.16. The number of methoxy groups -OCH3 is 1. The highest BCUT2D eigenvalue weighted by Crippen LogP contribution is 2.26. The molecular formula is C25H25N5O4S2. The number of carbonyl (C=O) groups is 1. The van der Waals surface area contributed by atoms with Crippen molar-refractivity contribution in [1.82, 2.24) is 14.8 Å². The number of amides is 1. The molecule has 0 saturated carbocycles. The fourth-order valence-corrected chi connectivity index (χ4v) is 4.84. The van der Waals surface area contributed by atoms with Gasteiger partial charge in [0.1, 0.15) is 5.75 Å². The number of nitrogens with two attached hydrogens (primary N) is 1. The normalized spacial score (nSPS) is 11.3. The zero-order valence-electron chi connectivity index (χ0n) is 19.5. The minimum Gasteiger partial charge on any atom is -0.497 e. The molecule has 0 bridgehead atoms. The van der Waals surface area contributed by atoms with Crippen molar-refractivity contribution < 1.29 is 17.9 Å². The molecule has 0 saturated heterocycles. The van der Waals surface area contributed by atoms with Gasteiger partial charge in [-0.1, -0.05) is 48.2 Å². The number of carbonyl (C=O) groups excluding carboxylic acids is 1. The lowest BCUT2D eigenvalue weighted by molar-refractivity contribution is -0.113. The average molecular weight is 524 g/mol. The zero-order valence-corrected chi connectivity index (χ0v) is 21.1. The van der Waals surface area contributed by atoms with Crippen LogP contribution in [0.2, 0.25) is 0 Å². The summed E-state index contributed by atoms with van der Waals surface area (Å²) >= 11 is 1.25. The molecule has 4 aromatic rings. The van der Waals surface area contributed by atoms with Crippen LogP contribution in [0.3, 0.4) is 0 Å². The number of nitrogens with zero attached hydrogens (tertiary/aromatic N) is 3. The van der Waals surface area contributed by atoms with Crippen molar-refractivity contribution in [3.8, 4) is 17.1 Å². The maximum absolute atomic E-state index is 12.6. The van der Waals surface area contributed by atoms with E-state index in [0.29, 0.717) is 23.2 Å². The molecule has 9 nitrogen and oxygen atoms in total. The number of benzene rings is 3. The summed E-state index contributed by atoms with van der Waals surface area (Å²) < 4.78 is 30.4. The third-order valence-electron chi connectivity index (χ3n) is 5.31. The van der Waals surface area contributed by atoms with Crippen molar-refractivity contribution in [1.29, 1.82) is 0 Å². The topological polar surface area (TPSA) is 129 Å². The molecule has 36 heavy (non-hydrogen) atoms. The van der Waals surface area contributed by atoms with E-state index in [0.717, 1.165) is 17.7 Å². The number of ether oxygens (including phenoxy) is 1. The van der Waals surface area contributed by atoms with Crippen molar-refractivity contribution in [2.24, 2.45) is 5.14 Å². The van der Waals surface area contributed by atoms with E-state index in [-0.39, 0.29) is 16.6 Å². The number of sulfonamides is 1. The molecule has 0 fully saturated rings. The summed E-state index contributed by atoms with van der Waals surface area (Å²) in [4.78, 5) is 12.5. The highest BCUT2D eigenvalue weighted by Gasteiger charge is 2.17. The summed E-state index contributed by atoms with van der Waals surface area (Å²) in [7, 11) is -2.25. The van der Waals surface area contributed by atoms with Crippen molar-refractivity contribution in [3.05, 3.63) is 84.4 Å². The van der Waals surface area contributed by atoms with Gasteiger partial charge in [0.25, 0.3) is 0 Å². The van der Waals surface area contributed by atoms with Crippen LogP contribution in [0, 0.1) is 0 Å². The first kappa shape index (κ1) is 25.4.